The van der Waals surface area contributed by atoms with E-state index in [2.05, 4.69) is 17.4 Å². The lowest BCUT2D eigenvalue weighted by atomic mass is 10.1. The molecule has 0 fully saturated rings. The van der Waals surface area contributed by atoms with Gasteiger partial charge >= 0.3 is 0 Å². The Bertz CT molecular complexity index is 462. The molecule has 0 aromatic heterocycles. The van der Waals surface area contributed by atoms with Crippen molar-refractivity contribution >= 4 is 12.0 Å². The average Bonchev–Trinajstić information content (AvgIpc) is 2.41. The molecule has 0 unspecified atom stereocenters. The second-order valence-corrected chi connectivity index (χ2v) is 3.90. The SMILES string of the molecule is O=Cc1ccc(CCNc2ccccc2)cc1. The van der Waals surface area contributed by atoms with Crippen LogP contribution in [0.1, 0.15) is 15.9 Å². The van der Waals surface area contributed by atoms with E-state index in [9.17, 15) is 4.79 Å². The van der Waals surface area contributed by atoms with E-state index < -0.39 is 0 Å². The average molecular weight is 225 g/mol. The molecule has 2 aromatic carbocycles. The number of carbonyl (C=O) groups excluding carboxylic acids is 1. The Kier molecular flexibility index (Phi) is 3.92. The van der Waals surface area contributed by atoms with Gasteiger partial charge in [-0.1, -0.05) is 42.5 Å². The highest BCUT2D eigenvalue weighted by Gasteiger charge is 1.94. The van der Waals surface area contributed by atoms with E-state index in [1.54, 1.807) is 0 Å². The van der Waals surface area contributed by atoms with E-state index >= 15 is 0 Å². The summed E-state index contributed by atoms with van der Waals surface area (Å²) in [6.45, 7) is 0.893. The fraction of sp³-hybridized carbons (Fsp3) is 0.133. The summed E-state index contributed by atoms with van der Waals surface area (Å²) in [7, 11) is 0. The lowest BCUT2D eigenvalue weighted by Gasteiger charge is -2.06. The number of para-hydroxylation sites is 1. The first-order chi connectivity index (χ1) is 8.38. The molecular formula is C15H15NO. The standard InChI is InChI=1S/C15H15NO/c17-12-14-8-6-13(7-9-14)10-11-16-15-4-2-1-3-5-15/h1-9,12,16H,10-11H2. The second kappa shape index (κ2) is 5.85. The van der Waals surface area contributed by atoms with Gasteiger partial charge in [-0.3, -0.25) is 4.79 Å². The van der Waals surface area contributed by atoms with Crippen molar-refractivity contribution < 1.29 is 4.79 Å². The van der Waals surface area contributed by atoms with Crippen LogP contribution in [-0.4, -0.2) is 12.8 Å². The van der Waals surface area contributed by atoms with Crippen LogP contribution in [0.15, 0.2) is 54.6 Å². The molecule has 0 saturated heterocycles. The number of anilines is 1. The molecule has 86 valence electrons. The molecule has 17 heavy (non-hydrogen) atoms. The zero-order valence-electron chi connectivity index (χ0n) is 9.60. The van der Waals surface area contributed by atoms with Gasteiger partial charge in [-0.15, -0.1) is 0 Å². The van der Waals surface area contributed by atoms with Crippen LogP contribution in [0.3, 0.4) is 0 Å². The molecule has 0 bridgehead atoms. The van der Waals surface area contributed by atoms with Crippen molar-refractivity contribution in [1.82, 2.24) is 0 Å². The van der Waals surface area contributed by atoms with Gasteiger partial charge in [0.15, 0.2) is 0 Å². The Labute approximate surface area is 101 Å². The molecule has 0 radical (unpaired) electrons. The highest BCUT2D eigenvalue weighted by molar-refractivity contribution is 5.74. The van der Waals surface area contributed by atoms with Crippen molar-refractivity contribution in [1.29, 1.82) is 0 Å². The van der Waals surface area contributed by atoms with Gasteiger partial charge in [-0.25, -0.2) is 0 Å². The number of hydrogen-bond acceptors (Lipinski definition) is 2. The number of benzene rings is 2. The molecule has 0 atom stereocenters. The van der Waals surface area contributed by atoms with Crippen LogP contribution in [0.4, 0.5) is 5.69 Å². The molecule has 2 rings (SSSR count). The highest BCUT2D eigenvalue weighted by atomic mass is 16.1. The number of carbonyl (C=O) groups is 1. The maximum atomic E-state index is 10.5. The maximum Gasteiger partial charge on any atom is 0.150 e. The zero-order valence-corrected chi connectivity index (χ0v) is 9.60. The van der Waals surface area contributed by atoms with Gasteiger partial charge in [0.1, 0.15) is 6.29 Å². The summed E-state index contributed by atoms with van der Waals surface area (Å²) in [5.74, 6) is 0. The number of aldehydes is 1. The van der Waals surface area contributed by atoms with Gasteiger partial charge in [-0.05, 0) is 24.1 Å². The molecule has 2 nitrogen and oxygen atoms in total. The first kappa shape index (κ1) is 11.4. The van der Waals surface area contributed by atoms with Gasteiger partial charge in [-0.2, -0.15) is 0 Å². The van der Waals surface area contributed by atoms with E-state index in [0.717, 1.165) is 30.5 Å². The first-order valence-electron chi connectivity index (χ1n) is 5.71. The molecule has 2 heteroatoms. The summed E-state index contributed by atoms with van der Waals surface area (Å²) in [6.07, 6.45) is 1.82. The number of hydrogen-bond donors (Lipinski definition) is 1. The fourth-order valence-electron chi connectivity index (χ4n) is 1.67. The Morgan fingerprint density at radius 2 is 1.65 bits per heavy atom. The van der Waals surface area contributed by atoms with E-state index in [1.165, 1.54) is 5.56 Å². The van der Waals surface area contributed by atoms with Gasteiger partial charge in [0.25, 0.3) is 0 Å². The third kappa shape index (κ3) is 3.45. The van der Waals surface area contributed by atoms with Crippen LogP contribution in [0, 0.1) is 0 Å². The summed E-state index contributed by atoms with van der Waals surface area (Å²) in [5.41, 5.74) is 3.10. The molecule has 2 aromatic rings. The lowest BCUT2D eigenvalue weighted by Crippen LogP contribution is -2.04. The third-order valence-corrected chi connectivity index (χ3v) is 2.63. The Hall–Kier alpha value is -2.09. The van der Waals surface area contributed by atoms with Crippen molar-refractivity contribution in [3.8, 4) is 0 Å². The van der Waals surface area contributed by atoms with Crippen LogP contribution in [0.2, 0.25) is 0 Å². The van der Waals surface area contributed by atoms with Crippen molar-refractivity contribution in [2.75, 3.05) is 11.9 Å². The molecule has 0 aliphatic rings. The largest absolute Gasteiger partial charge is 0.385 e. The van der Waals surface area contributed by atoms with Crippen LogP contribution >= 0.6 is 0 Å². The highest BCUT2D eigenvalue weighted by Crippen LogP contribution is 2.07. The molecule has 0 aliphatic carbocycles. The minimum absolute atomic E-state index is 0.727. The van der Waals surface area contributed by atoms with Crippen molar-refractivity contribution in [3.05, 3.63) is 65.7 Å². The molecule has 0 aliphatic heterocycles. The van der Waals surface area contributed by atoms with Crippen LogP contribution < -0.4 is 5.32 Å². The summed E-state index contributed by atoms with van der Waals surface area (Å²) in [5, 5.41) is 3.35. The Balaban J connectivity index is 1.84. The third-order valence-electron chi connectivity index (χ3n) is 2.63. The minimum Gasteiger partial charge on any atom is -0.385 e. The molecule has 0 saturated carbocycles. The number of rotatable bonds is 5. The zero-order chi connectivity index (χ0) is 11.9. The second-order valence-electron chi connectivity index (χ2n) is 3.90. The maximum absolute atomic E-state index is 10.5. The van der Waals surface area contributed by atoms with E-state index in [0.29, 0.717) is 0 Å². The van der Waals surface area contributed by atoms with Gasteiger partial charge in [0.05, 0.1) is 0 Å². The number of nitrogens with one attached hydrogen (secondary N) is 1. The Morgan fingerprint density at radius 3 is 2.29 bits per heavy atom. The van der Waals surface area contributed by atoms with Crippen molar-refractivity contribution in [2.24, 2.45) is 0 Å². The van der Waals surface area contributed by atoms with Crippen LogP contribution in [0.25, 0.3) is 0 Å². The normalized spacial score (nSPS) is 9.88. The van der Waals surface area contributed by atoms with E-state index in [4.69, 9.17) is 0 Å². The lowest BCUT2D eigenvalue weighted by molar-refractivity contribution is 0.112. The predicted molar refractivity (Wildman–Crippen MR) is 70.5 cm³/mol. The van der Waals surface area contributed by atoms with E-state index in [1.807, 2.05) is 42.5 Å². The summed E-state index contributed by atoms with van der Waals surface area (Å²) < 4.78 is 0. The van der Waals surface area contributed by atoms with Crippen molar-refractivity contribution in [3.63, 3.8) is 0 Å². The molecular weight excluding hydrogens is 210 g/mol. The first-order valence-corrected chi connectivity index (χ1v) is 5.71. The monoisotopic (exact) mass is 225 g/mol. The summed E-state index contributed by atoms with van der Waals surface area (Å²) in [4.78, 5) is 10.5. The molecule has 0 spiro atoms. The molecule has 0 heterocycles. The topological polar surface area (TPSA) is 29.1 Å². The molecule has 1 N–H and O–H groups in total. The van der Waals surface area contributed by atoms with Crippen LogP contribution in [-0.2, 0) is 6.42 Å². The Morgan fingerprint density at radius 1 is 0.941 bits per heavy atom. The molecule has 0 amide bonds. The quantitative estimate of drug-likeness (QED) is 0.792. The van der Waals surface area contributed by atoms with Gasteiger partial charge < -0.3 is 5.32 Å². The fourth-order valence-corrected chi connectivity index (χ4v) is 1.67. The van der Waals surface area contributed by atoms with Gasteiger partial charge in [0.2, 0.25) is 0 Å². The summed E-state index contributed by atoms with van der Waals surface area (Å²) in [6, 6.07) is 17.8. The van der Waals surface area contributed by atoms with Crippen LogP contribution in [0.5, 0.6) is 0 Å². The van der Waals surface area contributed by atoms with E-state index in [-0.39, 0.29) is 0 Å². The predicted octanol–water partition coefficient (Wildman–Crippen LogP) is 3.15. The smallest absolute Gasteiger partial charge is 0.150 e. The van der Waals surface area contributed by atoms with Crippen molar-refractivity contribution in [2.45, 2.75) is 6.42 Å². The van der Waals surface area contributed by atoms with Gasteiger partial charge in [0, 0.05) is 17.8 Å². The summed E-state index contributed by atoms with van der Waals surface area (Å²) >= 11 is 0. The minimum atomic E-state index is 0.727.